The second-order valence-electron chi connectivity index (χ2n) is 5.81. The van der Waals surface area contributed by atoms with Crippen molar-refractivity contribution < 1.29 is 13.6 Å². The summed E-state index contributed by atoms with van der Waals surface area (Å²) in [6.45, 7) is 1.63. The number of carbonyl (C=O) groups is 1. The minimum absolute atomic E-state index is 0.0644. The minimum Gasteiger partial charge on any atom is -0.381 e. The molecule has 0 aliphatic heterocycles. The zero-order valence-electron chi connectivity index (χ0n) is 14.9. The van der Waals surface area contributed by atoms with Crippen molar-refractivity contribution >= 4 is 29.1 Å². The molecule has 2 aromatic rings. The van der Waals surface area contributed by atoms with Gasteiger partial charge in [0.05, 0.1) is 5.56 Å². The van der Waals surface area contributed by atoms with Gasteiger partial charge in [0.25, 0.3) is 5.91 Å². The van der Waals surface area contributed by atoms with Crippen LogP contribution in [0.1, 0.15) is 21.5 Å². The number of aliphatic imine (C=N–C) groups is 1. The predicted molar refractivity (Wildman–Crippen MR) is 97.7 cm³/mol. The molecule has 0 spiro atoms. The van der Waals surface area contributed by atoms with Crippen LogP contribution in [0.5, 0.6) is 0 Å². The van der Waals surface area contributed by atoms with Gasteiger partial charge in [-0.25, -0.2) is 13.8 Å². The smallest absolute Gasteiger partial charge is 0.252 e. The summed E-state index contributed by atoms with van der Waals surface area (Å²) >= 11 is 0. The maximum Gasteiger partial charge on any atom is 0.252 e. The van der Waals surface area contributed by atoms with Crippen molar-refractivity contribution in [2.45, 2.75) is 6.92 Å². The van der Waals surface area contributed by atoms with Gasteiger partial charge in [0.15, 0.2) is 11.6 Å². The Morgan fingerprint density at radius 1 is 1.19 bits per heavy atom. The number of nitrogens with one attached hydrogen (secondary N) is 1. The molecule has 7 nitrogen and oxygen atoms in total. The van der Waals surface area contributed by atoms with Gasteiger partial charge in [-0.05, 0) is 30.7 Å². The quantitative estimate of drug-likeness (QED) is 0.569. The van der Waals surface area contributed by atoms with Gasteiger partial charge in [0.1, 0.15) is 17.5 Å². The van der Waals surface area contributed by atoms with Gasteiger partial charge in [-0.1, -0.05) is 0 Å². The fourth-order valence-electron chi connectivity index (χ4n) is 2.47. The average molecular weight is 362 g/mol. The largest absolute Gasteiger partial charge is 0.381 e. The first kappa shape index (κ1) is 19.1. The van der Waals surface area contributed by atoms with Crippen LogP contribution in [0.15, 0.2) is 23.2 Å². The van der Waals surface area contributed by atoms with Gasteiger partial charge in [-0.3, -0.25) is 9.79 Å². The van der Waals surface area contributed by atoms with Crippen molar-refractivity contribution in [3.63, 3.8) is 0 Å². The molecule has 5 N–H and O–H groups in total. The predicted octanol–water partition coefficient (Wildman–Crippen LogP) is 2.03. The van der Waals surface area contributed by atoms with E-state index in [0.717, 1.165) is 6.07 Å². The minimum atomic E-state index is -0.893. The number of hydrogen-bond acceptors (Lipinski definition) is 5. The van der Waals surface area contributed by atoms with Crippen LogP contribution in [0.4, 0.5) is 26.1 Å². The van der Waals surface area contributed by atoms with Crippen molar-refractivity contribution in [2.24, 2.45) is 10.7 Å². The van der Waals surface area contributed by atoms with Crippen LogP contribution in [0.25, 0.3) is 0 Å². The van der Waals surface area contributed by atoms with Gasteiger partial charge in [0.2, 0.25) is 0 Å². The topological polar surface area (TPSA) is 110 Å². The van der Waals surface area contributed by atoms with Gasteiger partial charge >= 0.3 is 0 Å². The number of pyridine rings is 1. The second-order valence-corrected chi connectivity index (χ2v) is 5.81. The van der Waals surface area contributed by atoms with Gasteiger partial charge in [-0.15, -0.1) is 0 Å². The van der Waals surface area contributed by atoms with Crippen LogP contribution in [-0.4, -0.2) is 42.8 Å². The summed E-state index contributed by atoms with van der Waals surface area (Å²) in [6, 6.07) is 3.76. The number of amidine groups is 1. The molecule has 1 heterocycles. The fourth-order valence-corrected chi connectivity index (χ4v) is 2.47. The number of hydrogen-bond donors (Lipinski definition) is 3. The lowest BCUT2D eigenvalue weighted by molar-refractivity contribution is 0.100. The average Bonchev–Trinajstić information content (AvgIpc) is 2.55. The summed E-state index contributed by atoms with van der Waals surface area (Å²) in [7, 11) is 5.17. The first-order valence-corrected chi connectivity index (χ1v) is 7.63. The number of aromatic nitrogens is 1. The van der Waals surface area contributed by atoms with Crippen molar-refractivity contribution in [3.05, 3.63) is 46.5 Å². The Morgan fingerprint density at radius 2 is 1.85 bits per heavy atom. The standard InChI is InChI=1S/C17H20F2N6O/c1-8-10(17(22-2)25(3)4)5-9(6-12(8)18)23-16-11(15(21)26)7-13(19)14(20)24-16/h5-7H,1-4H3,(H2,21,26)(H3,20,23,24)/b22-17+. The van der Waals surface area contributed by atoms with Crippen molar-refractivity contribution in [1.82, 2.24) is 9.88 Å². The molecular weight excluding hydrogens is 342 g/mol. The Labute approximate surface area is 149 Å². The molecular formula is C17H20F2N6O. The maximum absolute atomic E-state index is 14.4. The number of benzene rings is 1. The third-order valence-electron chi connectivity index (χ3n) is 3.75. The summed E-state index contributed by atoms with van der Waals surface area (Å²) in [5, 5.41) is 2.78. The summed E-state index contributed by atoms with van der Waals surface area (Å²) in [4.78, 5) is 21.3. The van der Waals surface area contributed by atoms with Gasteiger partial charge in [-0.2, -0.15) is 0 Å². The van der Waals surface area contributed by atoms with E-state index in [1.54, 1.807) is 39.0 Å². The molecule has 0 atom stereocenters. The number of amides is 1. The third-order valence-corrected chi connectivity index (χ3v) is 3.75. The van der Waals surface area contributed by atoms with Crippen LogP contribution in [-0.2, 0) is 0 Å². The number of halogens is 2. The first-order chi connectivity index (χ1) is 12.1. The van der Waals surface area contributed by atoms with Crippen LogP contribution in [0, 0.1) is 18.6 Å². The van der Waals surface area contributed by atoms with E-state index in [2.05, 4.69) is 15.3 Å². The molecule has 138 valence electrons. The van der Waals surface area contributed by atoms with Crippen LogP contribution >= 0.6 is 0 Å². The number of nitrogens with two attached hydrogens (primary N) is 2. The molecule has 0 aliphatic carbocycles. The van der Waals surface area contributed by atoms with E-state index in [1.807, 2.05) is 0 Å². The molecule has 0 bridgehead atoms. The summed E-state index contributed by atoms with van der Waals surface area (Å²) in [6.07, 6.45) is 0. The highest BCUT2D eigenvalue weighted by atomic mass is 19.1. The zero-order chi connectivity index (χ0) is 19.6. The lowest BCUT2D eigenvalue weighted by atomic mass is 10.1. The highest BCUT2D eigenvalue weighted by molar-refractivity contribution is 6.01. The molecule has 0 unspecified atom stereocenters. The molecule has 26 heavy (non-hydrogen) atoms. The Kier molecular flexibility index (Phi) is 5.39. The van der Waals surface area contributed by atoms with E-state index in [4.69, 9.17) is 11.5 Å². The number of carbonyl (C=O) groups excluding carboxylic acids is 1. The van der Waals surface area contributed by atoms with E-state index in [9.17, 15) is 13.6 Å². The van der Waals surface area contributed by atoms with Crippen LogP contribution in [0.3, 0.4) is 0 Å². The number of nitrogens with zero attached hydrogens (tertiary/aromatic N) is 3. The summed E-state index contributed by atoms with van der Waals surface area (Å²) in [5.41, 5.74) is 11.8. The molecule has 0 aliphatic rings. The van der Waals surface area contributed by atoms with Crippen molar-refractivity contribution in [1.29, 1.82) is 0 Å². The van der Waals surface area contributed by atoms with Crippen molar-refractivity contribution in [2.75, 3.05) is 32.2 Å². The van der Waals surface area contributed by atoms with Gasteiger partial charge < -0.3 is 21.7 Å². The number of nitrogen functional groups attached to an aromatic ring is 1. The van der Waals surface area contributed by atoms with E-state index in [1.165, 1.54) is 6.07 Å². The first-order valence-electron chi connectivity index (χ1n) is 7.63. The Balaban J connectivity index is 2.57. The normalized spacial score (nSPS) is 11.4. The number of anilines is 3. The molecule has 1 amide bonds. The maximum atomic E-state index is 14.4. The lowest BCUT2D eigenvalue weighted by Crippen LogP contribution is -2.24. The van der Waals surface area contributed by atoms with E-state index < -0.39 is 23.4 Å². The van der Waals surface area contributed by atoms with E-state index in [0.29, 0.717) is 17.0 Å². The SMILES string of the molecule is C/N=C(\c1cc(Nc2nc(N)c(F)cc2C(N)=O)cc(F)c1C)N(C)C. The monoisotopic (exact) mass is 362 g/mol. The summed E-state index contributed by atoms with van der Waals surface area (Å²) < 4.78 is 28.0. The van der Waals surface area contributed by atoms with Crippen LogP contribution < -0.4 is 16.8 Å². The molecule has 0 fully saturated rings. The van der Waals surface area contributed by atoms with E-state index in [-0.39, 0.29) is 17.1 Å². The molecule has 0 radical (unpaired) electrons. The lowest BCUT2D eigenvalue weighted by Gasteiger charge is -2.19. The molecule has 0 saturated carbocycles. The number of rotatable bonds is 4. The third kappa shape index (κ3) is 3.71. The van der Waals surface area contributed by atoms with Crippen LogP contribution in [0.2, 0.25) is 0 Å². The Morgan fingerprint density at radius 3 is 2.38 bits per heavy atom. The Hall–Kier alpha value is -3.23. The fraction of sp³-hybridized carbons (Fsp3) is 0.235. The number of primary amides is 1. The highest BCUT2D eigenvalue weighted by Gasteiger charge is 2.17. The second kappa shape index (κ2) is 7.34. The molecule has 9 heteroatoms. The highest BCUT2D eigenvalue weighted by Crippen LogP contribution is 2.26. The zero-order valence-corrected chi connectivity index (χ0v) is 14.9. The molecule has 2 rings (SSSR count). The Bertz CT molecular complexity index is 895. The van der Waals surface area contributed by atoms with Gasteiger partial charge in [0, 0.05) is 32.4 Å². The van der Waals surface area contributed by atoms with Crippen molar-refractivity contribution in [3.8, 4) is 0 Å². The molecule has 1 aromatic heterocycles. The molecule has 1 aromatic carbocycles. The summed E-state index contributed by atoms with van der Waals surface area (Å²) in [5.74, 6) is -2.15. The molecule has 0 saturated heterocycles. The van der Waals surface area contributed by atoms with E-state index >= 15 is 0 Å².